The lowest BCUT2D eigenvalue weighted by Crippen LogP contribution is -2.30. The number of hydrogen-bond acceptors (Lipinski definition) is 5. The molecule has 0 heterocycles. The molecule has 1 amide bonds. The number of sulfonamides is 1. The molecule has 2 aromatic rings. The maximum absolute atomic E-state index is 12.5. The van der Waals surface area contributed by atoms with Gasteiger partial charge in [0.1, 0.15) is 5.75 Å². The minimum Gasteiger partial charge on any atom is -0.481 e. The number of nitrogens with zero attached hydrogens (tertiary/aromatic N) is 1. The number of anilines is 2. The number of rotatable bonds is 8. The molecule has 28 heavy (non-hydrogen) atoms. The summed E-state index contributed by atoms with van der Waals surface area (Å²) in [6.07, 6.45) is -0.276. The van der Waals surface area contributed by atoms with E-state index in [1.54, 1.807) is 63.2 Å². The van der Waals surface area contributed by atoms with Gasteiger partial charge in [-0.15, -0.1) is 0 Å². The van der Waals surface area contributed by atoms with Gasteiger partial charge < -0.3 is 10.1 Å². The van der Waals surface area contributed by atoms with E-state index < -0.39 is 16.1 Å². The molecule has 0 fully saturated rings. The van der Waals surface area contributed by atoms with E-state index in [2.05, 4.69) is 10.0 Å². The summed E-state index contributed by atoms with van der Waals surface area (Å²) < 4.78 is 32.2. The molecule has 2 N–H and O–H groups in total. The first-order chi connectivity index (χ1) is 13.3. The molecule has 2 rings (SSSR count). The van der Waals surface area contributed by atoms with Gasteiger partial charge in [-0.25, -0.2) is 8.42 Å². The number of hydrogen-bond donors (Lipinski definition) is 2. The van der Waals surface area contributed by atoms with Crippen molar-refractivity contribution >= 4 is 27.3 Å². The van der Waals surface area contributed by atoms with Crippen LogP contribution in [0.15, 0.2) is 42.5 Å². The lowest BCUT2D eigenvalue weighted by atomic mass is 10.1. The Morgan fingerprint density at radius 3 is 2.43 bits per heavy atom. The number of carbonyl (C=O) groups is 1. The highest BCUT2D eigenvalue weighted by Crippen LogP contribution is 2.25. The number of amides is 1. The molecule has 1 atom stereocenters. The van der Waals surface area contributed by atoms with Crippen molar-refractivity contribution < 1.29 is 17.9 Å². The quantitative estimate of drug-likeness (QED) is 0.704. The van der Waals surface area contributed by atoms with Gasteiger partial charge in [-0.05, 0) is 62.2 Å². The zero-order valence-corrected chi connectivity index (χ0v) is 16.8. The van der Waals surface area contributed by atoms with E-state index in [1.807, 2.05) is 6.07 Å². The first-order valence-corrected chi connectivity index (χ1v) is 10.5. The number of ether oxygens (including phenoxy) is 1. The highest BCUT2D eigenvalue weighted by Gasteiger charge is 2.18. The Bertz CT molecular complexity index is 980. The van der Waals surface area contributed by atoms with E-state index in [-0.39, 0.29) is 11.7 Å². The van der Waals surface area contributed by atoms with Crippen LogP contribution in [0.2, 0.25) is 0 Å². The summed E-state index contributed by atoms with van der Waals surface area (Å²) in [4.78, 5) is 12.5. The summed E-state index contributed by atoms with van der Waals surface area (Å²) in [6.45, 7) is 5.13. The molecule has 0 saturated carbocycles. The second kappa shape index (κ2) is 9.24. The molecule has 0 aromatic heterocycles. The second-order valence-electron chi connectivity index (χ2n) is 6.28. The van der Waals surface area contributed by atoms with Gasteiger partial charge in [0.25, 0.3) is 5.91 Å². The zero-order valence-electron chi connectivity index (χ0n) is 16.0. The molecule has 0 bridgehead atoms. The zero-order chi connectivity index (χ0) is 20.7. The number of nitriles is 1. The van der Waals surface area contributed by atoms with Crippen LogP contribution in [0.25, 0.3) is 0 Å². The number of benzene rings is 2. The van der Waals surface area contributed by atoms with E-state index in [0.29, 0.717) is 34.7 Å². The molecule has 8 heteroatoms. The van der Waals surface area contributed by atoms with Gasteiger partial charge in [0.2, 0.25) is 10.0 Å². The van der Waals surface area contributed by atoms with Crippen molar-refractivity contribution in [3.8, 4) is 11.8 Å². The van der Waals surface area contributed by atoms with Crippen LogP contribution in [0, 0.1) is 18.3 Å². The minimum atomic E-state index is -3.43. The van der Waals surface area contributed by atoms with Crippen molar-refractivity contribution in [2.75, 3.05) is 15.8 Å². The first kappa shape index (κ1) is 21.3. The van der Waals surface area contributed by atoms with Gasteiger partial charge in [-0.1, -0.05) is 13.0 Å². The Kier molecular flexibility index (Phi) is 7.01. The number of carbonyl (C=O) groups excluding carboxylic acids is 1. The fraction of sp³-hybridized carbons (Fsp3) is 0.300. The van der Waals surface area contributed by atoms with Gasteiger partial charge >= 0.3 is 0 Å². The average molecular weight is 401 g/mol. The average Bonchev–Trinajstić information content (AvgIpc) is 2.65. The minimum absolute atomic E-state index is 0.0263. The first-order valence-electron chi connectivity index (χ1n) is 8.83. The van der Waals surface area contributed by atoms with E-state index in [0.717, 1.165) is 0 Å². The molecule has 0 aliphatic carbocycles. The van der Waals surface area contributed by atoms with Crippen LogP contribution in [-0.4, -0.2) is 26.2 Å². The van der Waals surface area contributed by atoms with Crippen molar-refractivity contribution in [2.24, 2.45) is 0 Å². The molecule has 0 aliphatic heterocycles. The molecule has 148 valence electrons. The third-order valence-corrected chi connectivity index (χ3v) is 5.47. The maximum Gasteiger partial charge on any atom is 0.265 e. The smallest absolute Gasteiger partial charge is 0.265 e. The van der Waals surface area contributed by atoms with Crippen LogP contribution in [0.1, 0.15) is 31.4 Å². The Hall–Kier alpha value is -3.05. The fourth-order valence-electron chi connectivity index (χ4n) is 2.47. The van der Waals surface area contributed by atoms with Gasteiger partial charge in [-0.2, -0.15) is 5.26 Å². The third kappa shape index (κ3) is 5.72. The molecule has 0 saturated heterocycles. The summed E-state index contributed by atoms with van der Waals surface area (Å²) in [6, 6.07) is 13.5. The Morgan fingerprint density at radius 2 is 1.82 bits per heavy atom. The van der Waals surface area contributed by atoms with Crippen LogP contribution in [0.3, 0.4) is 0 Å². The van der Waals surface area contributed by atoms with Crippen molar-refractivity contribution in [3.63, 3.8) is 0 Å². The molecule has 2 aromatic carbocycles. The van der Waals surface area contributed by atoms with E-state index in [1.165, 1.54) is 0 Å². The largest absolute Gasteiger partial charge is 0.481 e. The topological polar surface area (TPSA) is 108 Å². The third-order valence-electron chi connectivity index (χ3n) is 4.00. The molecule has 0 aliphatic rings. The maximum atomic E-state index is 12.5. The standard InChI is InChI=1S/C20H23N3O4S/c1-4-12-28(25,26)23-19-7-5-6-18(14(19)2)22-20(24)15(3)27-17-10-8-16(13-21)9-11-17/h5-11,15,23H,4,12H2,1-3H3,(H,22,24). The van der Waals surface area contributed by atoms with Crippen molar-refractivity contribution in [2.45, 2.75) is 33.3 Å². The van der Waals surface area contributed by atoms with Gasteiger partial charge in [-0.3, -0.25) is 9.52 Å². The van der Waals surface area contributed by atoms with Crippen LogP contribution < -0.4 is 14.8 Å². The Morgan fingerprint density at radius 1 is 1.18 bits per heavy atom. The summed E-state index contributed by atoms with van der Waals surface area (Å²) >= 11 is 0. The highest BCUT2D eigenvalue weighted by atomic mass is 32.2. The SMILES string of the molecule is CCCS(=O)(=O)Nc1cccc(NC(=O)C(C)Oc2ccc(C#N)cc2)c1C. The van der Waals surface area contributed by atoms with Gasteiger partial charge in [0, 0.05) is 5.69 Å². The summed E-state index contributed by atoms with van der Waals surface area (Å²) in [5.74, 6) is 0.124. The lowest BCUT2D eigenvalue weighted by molar-refractivity contribution is -0.122. The molecular weight excluding hydrogens is 378 g/mol. The molecular formula is C20H23N3O4S. The summed E-state index contributed by atoms with van der Waals surface area (Å²) in [7, 11) is -3.43. The molecule has 0 radical (unpaired) electrons. The predicted octanol–water partition coefficient (Wildman–Crippen LogP) is 3.42. The predicted molar refractivity (Wildman–Crippen MR) is 109 cm³/mol. The van der Waals surface area contributed by atoms with E-state index in [9.17, 15) is 13.2 Å². The summed E-state index contributed by atoms with van der Waals surface area (Å²) in [5, 5.41) is 11.6. The van der Waals surface area contributed by atoms with Crippen LogP contribution in [0.5, 0.6) is 5.75 Å². The highest BCUT2D eigenvalue weighted by molar-refractivity contribution is 7.92. The van der Waals surface area contributed by atoms with Crippen molar-refractivity contribution in [1.82, 2.24) is 0 Å². The van der Waals surface area contributed by atoms with Gasteiger partial charge in [0.15, 0.2) is 6.10 Å². The van der Waals surface area contributed by atoms with Crippen LogP contribution >= 0.6 is 0 Å². The number of nitrogens with one attached hydrogen (secondary N) is 2. The molecule has 1 unspecified atom stereocenters. The Labute approximate surface area is 165 Å². The normalized spacial score (nSPS) is 11.9. The molecule has 7 nitrogen and oxygen atoms in total. The monoisotopic (exact) mass is 401 g/mol. The fourth-order valence-corrected chi connectivity index (χ4v) is 3.66. The molecule has 0 spiro atoms. The van der Waals surface area contributed by atoms with Gasteiger partial charge in [0.05, 0.1) is 23.1 Å². The second-order valence-corrected chi connectivity index (χ2v) is 8.13. The van der Waals surface area contributed by atoms with E-state index >= 15 is 0 Å². The van der Waals surface area contributed by atoms with E-state index in [4.69, 9.17) is 10.00 Å². The Balaban J connectivity index is 2.08. The lowest BCUT2D eigenvalue weighted by Gasteiger charge is -2.17. The van der Waals surface area contributed by atoms with Crippen molar-refractivity contribution in [3.05, 3.63) is 53.6 Å². The van der Waals surface area contributed by atoms with Crippen molar-refractivity contribution in [1.29, 1.82) is 5.26 Å². The summed E-state index contributed by atoms with van der Waals surface area (Å²) in [5.41, 5.74) is 2.03. The van der Waals surface area contributed by atoms with Crippen LogP contribution in [0.4, 0.5) is 11.4 Å². The van der Waals surface area contributed by atoms with Crippen LogP contribution in [-0.2, 0) is 14.8 Å².